The fourth-order valence-electron chi connectivity index (χ4n) is 1.79. The Balaban J connectivity index is 0.00000324. The molecule has 0 fully saturated rings. The van der Waals surface area contributed by atoms with E-state index < -0.39 is 10.1 Å². The largest absolute Gasteiger partial charge is 1.00 e. The molecule has 0 atom stereocenters. The summed E-state index contributed by atoms with van der Waals surface area (Å²) in [6.07, 6.45) is 0.824. The fourth-order valence-corrected chi connectivity index (χ4v) is 2.29. The Morgan fingerprint density at radius 2 is 1.84 bits per heavy atom. The van der Waals surface area contributed by atoms with E-state index in [9.17, 15) is 18.1 Å². The van der Waals surface area contributed by atoms with Crippen molar-refractivity contribution in [1.29, 1.82) is 0 Å². The molecule has 0 aliphatic heterocycles. The number of aryl methyl sites for hydroxylation is 1. The summed E-state index contributed by atoms with van der Waals surface area (Å²) in [5.41, 5.74) is 1.58. The SMILES string of the molecule is CC(C)(C)c1cc(CCCS(=O)(=O)[O-])ccc1O.[Na+]. The molecule has 4 nitrogen and oxygen atoms in total. The zero-order valence-corrected chi connectivity index (χ0v) is 14.8. The van der Waals surface area contributed by atoms with E-state index in [4.69, 9.17) is 0 Å². The average Bonchev–Trinajstić information content (AvgIpc) is 2.17. The van der Waals surface area contributed by atoms with Crippen LogP contribution in [0, 0.1) is 0 Å². The molecule has 0 radical (unpaired) electrons. The van der Waals surface area contributed by atoms with Gasteiger partial charge in [0, 0.05) is 5.75 Å². The number of benzene rings is 1. The van der Waals surface area contributed by atoms with Crippen LogP contribution in [0.2, 0.25) is 0 Å². The first kappa shape index (κ1) is 18.9. The molecule has 1 rings (SSSR count). The van der Waals surface area contributed by atoms with Crippen LogP contribution in [-0.2, 0) is 22.0 Å². The van der Waals surface area contributed by atoms with Crippen molar-refractivity contribution in [1.82, 2.24) is 0 Å². The normalized spacial score (nSPS) is 12.0. The van der Waals surface area contributed by atoms with Crippen molar-refractivity contribution in [3.8, 4) is 5.75 Å². The molecular formula is C13H19NaO4S. The van der Waals surface area contributed by atoms with Gasteiger partial charge in [-0.15, -0.1) is 0 Å². The van der Waals surface area contributed by atoms with Gasteiger partial charge in [0.1, 0.15) is 5.75 Å². The summed E-state index contributed by atoms with van der Waals surface area (Å²) in [7, 11) is -4.14. The van der Waals surface area contributed by atoms with Gasteiger partial charge in [-0.2, -0.15) is 0 Å². The van der Waals surface area contributed by atoms with Gasteiger partial charge in [0.05, 0.1) is 10.1 Å². The number of hydrogen-bond acceptors (Lipinski definition) is 4. The number of aromatic hydroxyl groups is 1. The minimum atomic E-state index is -4.14. The summed E-state index contributed by atoms with van der Waals surface area (Å²) in [5.74, 6) is -0.110. The molecule has 0 amide bonds. The van der Waals surface area contributed by atoms with Gasteiger partial charge >= 0.3 is 29.6 Å². The van der Waals surface area contributed by atoms with E-state index in [0.29, 0.717) is 12.8 Å². The summed E-state index contributed by atoms with van der Waals surface area (Å²) in [5, 5.41) is 9.78. The van der Waals surface area contributed by atoms with Crippen LogP contribution < -0.4 is 29.6 Å². The molecule has 19 heavy (non-hydrogen) atoms. The summed E-state index contributed by atoms with van der Waals surface area (Å²) in [6.45, 7) is 5.98. The second-order valence-electron chi connectivity index (χ2n) is 5.47. The quantitative estimate of drug-likeness (QED) is 0.581. The van der Waals surface area contributed by atoms with Gasteiger partial charge in [0.25, 0.3) is 0 Å². The van der Waals surface area contributed by atoms with Crippen LogP contribution in [0.4, 0.5) is 0 Å². The van der Waals surface area contributed by atoms with Gasteiger partial charge in [-0.1, -0.05) is 32.9 Å². The van der Waals surface area contributed by atoms with Crippen molar-refractivity contribution in [2.24, 2.45) is 0 Å². The summed E-state index contributed by atoms with van der Waals surface area (Å²) < 4.78 is 31.5. The van der Waals surface area contributed by atoms with Crippen LogP contribution in [0.25, 0.3) is 0 Å². The summed E-state index contributed by atoms with van der Waals surface area (Å²) in [6, 6.07) is 5.23. The molecule has 0 heterocycles. The third-order valence-electron chi connectivity index (χ3n) is 2.73. The molecule has 0 unspecified atom stereocenters. The number of phenolic OH excluding ortho intramolecular Hbond substituents is 1. The van der Waals surface area contributed by atoms with Crippen LogP contribution in [0.5, 0.6) is 5.75 Å². The molecular weight excluding hydrogens is 275 g/mol. The van der Waals surface area contributed by atoms with Crippen molar-refractivity contribution in [3.63, 3.8) is 0 Å². The van der Waals surface area contributed by atoms with Crippen molar-refractivity contribution < 1.29 is 47.6 Å². The van der Waals surface area contributed by atoms with E-state index in [1.165, 1.54) is 0 Å². The Morgan fingerprint density at radius 1 is 1.26 bits per heavy atom. The topological polar surface area (TPSA) is 77.4 Å². The molecule has 0 aliphatic rings. The maximum atomic E-state index is 10.5. The number of hydrogen-bond donors (Lipinski definition) is 1. The minimum absolute atomic E-state index is 0. The second-order valence-corrected chi connectivity index (χ2v) is 6.99. The van der Waals surface area contributed by atoms with Crippen LogP contribution in [0.1, 0.15) is 38.3 Å². The maximum absolute atomic E-state index is 10.5. The maximum Gasteiger partial charge on any atom is 1.00 e. The molecule has 6 heteroatoms. The number of phenols is 1. The van der Waals surface area contributed by atoms with Crippen molar-refractivity contribution in [2.45, 2.75) is 39.0 Å². The van der Waals surface area contributed by atoms with Crippen molar-refractivity contribution in [3.05, 3.63) is 29.3 Å². The van der Waals surface area contributed by atoms with Gasteiger partial charge in [-0.05, 0) is 35.4 Å². The predicted molar refractivity (Wildman–Crippen MR) is 69.7 cm³/mol. The molecule has 0 aliphatic carbocycles. The Morgan fingerprint density at radius 3 is 2.32 bits per heavy atom. The van der Waals surface area contributed by atoms with Crippen LogP contribution in [0.15, 0.2) is 18.2 Å². The molecule has 0 spiro atoms. The fraction of sp³-hybridized carbons (Fsp3) is 0.538. The summed E-state index contributed by atoms with van der Waals surface area (Å²) >= 11 is 0. The van der Waals surface area contributed by atoms with Gasteiger partial charge < -0.3 is 9.66 Å². The van der Waals surface area contributed by atoms with Gasteiger partial charge in [-0.25, -0.2) is 8.42 Å². The Kier molecular flexibility index (Phi) is 7.06. The zero-order valence-electron chi connectivity index (χ0n) is 11.9. The van der Waals surface area contributed by atoms with Crippen LogP contribution in [-0.4, -0.2) is 23.8 Å². The van der Waals surface area contributed by atoms with E-state index in [1.54, 1.807) is 12.1 Å². The van der Waals surface area contributed by atoms with Crippen molar-refractivity contribution in [2.75, 3.05) is 5.75 Å². The number of rotatable bonds is 4. The average molecular weight is 294 g/mol. The van der Waals surface area contributed by atoms with Gasteiger partial charge in [-0.3, -0.25) is 0 Å². The summed E-state index contributed by atoms with van der Waals surface area (Å²) in [4.78, 5) is 0. The Bertz CT molecular complexity index is 518. The Labute approximate surface area is 137 Å². The first-order valence-electron chi connectivity index (χ1n) is 5.85. The molecule has 0 aromatic heterocycles. The van der Waals surface area contributed by atoms with E-state index in [2.05, 4.69) is 0 Å². The van der Waals surface area contributed by atoms with E-state index in [0.717, 1.165) is 11.1 Å². The molecule has 1 aromatic rings. The molecule has 102 valence electrons. The monoisotopic (exact) mass is 294 g/mol. The third-order valence-corrected chi connectivity index (χ3v) is 3.52. The standard InChI is InChI=1S/C13H20O4S.Na/c1-13(2,3)11-9-10(6-7-12(11)14)5-4-8-18(15,16)17;/h6-7,9,14H,4-5,8H2,1-3H3,(H,15,16,17);/q;+1/p-1. The first-order valence-corrected chi connectivity index (χ1v) is 7.43. The van der Waals surface area contributed by atoms with Crippen LogP contribution >= 0.6 is 0 Å². The molecule has 0 saturated heterocycles. The molecule has 0 bridgehead atoms. The van der Waals surface area contributed by atoms with E-state index >= 15 is 0 Å². The zero-order chi connectivity index (χ0) is 14.0. The van der Waals surface area contributed by atoms with Gasteiger partial charge in [0.15, 0.2) is 0 Å². The molecule has 1 aromatic carbocycles. The second kappa shape index (κ2) is 7.09. The van der Waals surface area contributed by atoms with E-state index in [1.807, 2.05) is 26.8 Å². The van der Waals surface area contributed by atoms with Crippen molar-refractivity contribution >= 4 is 10.1 Å². The van der Waals surface area contributed by atoms with Crippen LogP contribution in [0.3, 0.4) is 0 Å². The van der Waals surface area contributed by atoms with E-state index in [-0.39, 0.29) is 46.5 Å². The Hall–Kier alpha value is -0.0700. The van der Waals surface area contributed by atoms with Gasteiger partial charge in [0.2, 0.25) is 0 Å². The molecule has 1 N–H and O–H groups in total. The first-order chi connectivity index (χ1) is 8.09. The predicted octanol–water partition coefficient (Wildman–Crippen LogP) is -0.828. The molecule has 0 saturated carbocycles. The smallest absolute Gasteiger partial charge is 0.748 e. The third kappa shape index (κ3) is 6.77. The minimum Gasteiger partial charge on any atom is -0.748 e.